The predicted molar refractivity (Wildman–Crippen MR) is 113 cm³/mol. The molecule has 0 aromatic heterocycles. The second-order valence-electron chi connectivity index (χ2n) is 7.25. The molecule has 1 atom stereocenters. The minimum Gasteiger partial charge on any atom is -0.324 e. The summed E-state index contributed by atoms with van der Waals surface area (Å²) < 4.78 is 46.5. The van der Waals surface area contributed by atoms with Gasteiger partial charge in [0.25, 0.3) is 11.8 Å². The molecular formula is C20H20N2O7S2. The number of hydrogen-bond donors (Lipinski definition) is 1. The summed E-state index contributed by atoms with van der Waals surface area (Å²) in [7, 11) is -6.90. The van der Waals surface area contributed by atoms with Crippen LogP contribution in [0.2, 0.25) is 0 Å². The fraction of sp³-hybridized carbons (Fsp3) is 0.250. The van der Waals surface area contributed by atoms with E-state index in [9.17, 15) is 31.2 Å². The lowest BCUT2D eigenvalue weighted by Crippen LogP contribution is -2.48. The third kappa shape index (κ3) is 5.00. The van der Waals surface area contributed by atoms with Crippen LogP contribution in [-0.4, -0.2) is 63.8 Å². The fourth-order valence-electron chi connectivity index (χ4n) is 3.21. The van der Waals surface area contributed by atoms with Gasteiger partial charge in [-0.15, -0.1) is 0 Å². The molecule has 0 radical (unpaired) electrons. The van der Waals surface area contributed by atoms with Crippen LogP contribution >= 0.6 is 0 Å². The van der Waals surface area contributed by atoms with Crippen LogP contribution in [0.5, 0.6) is 0 Å². The number of amides is 3. The molecule has 1 unspecified atom stereocenters. The van der Waals surface area contributed by atoms with Crippen LogP contribution in [0.25, 0.3) is 0 Å². The molecule has 1 aliphatic heterocycles. The number of hydrogen-bond acceptors (Lipinski definition) is 7. The molecule has 0 bridgehead atoms. The summed E-state index contributed by atoms with van der Waals surface area (Å²) in [6.07, 6.45) is 1.76. The average Bonchev–Trinajstić information content (AvgIpc) is 2.92. The van der Waals surface area contributed by atoms with E-state index in [1.165, 1.54) is 36.4 Å². The first-order valence-corrected chi connectivity index (χ1v) is 13.1. The molecular weight excluding hydrogens is 444 g/mol. The molecule has 1 aliphatic rings. The van der Waals surface area contributed by atoms with Crippen LogP contribution in [0.15, 0.2) is 53.4 Å². The van der Waals surface area contributed by atoms with Crippen molar-refractivity contribution in [1.82, 2.24) is 4.90 Å². The fourth-order valence-corrected chi connectivity index (χ4v) is 4.49. The second-order valence-corrected chi connectivity index (χ2v) is 11.5. The molecule has 31 heavy (non-hydrogen) atoms. The molecule has 1 heterocycles. The number of nitrogens with zero attached hydrogens (tertiary/aromatic N) is 1. The molecule has 11 heteroatoms. The number of sulfone groups is 2. The van der Waals surface area contributed by atoms with Gasteiger partial charge >= 0.3 is 0 Å². The molecule has 0 spiro atoms. The minimum atomic E-state index is -3.48. The van der Waals surface area contributed by atoms with E-state index in [1.807, 2.05) is 0 Å². The molecule has 0 aliphatic carbocycles. The summed E-state index contributed by atoms with van der Waals surface area (Å²) in [4.78, 5) is 39.4. The first kappa shape index (κ1) is 22.6. The molecule has 2 aromatic rings. The molecule has 0 fully saturated rings. The molecule has 9 nitrogen and oxygen atoms in total. The van der Waals surface area contributed by atoms with E-state index in [0.717, 1.165) is 17.4 Å². The highest BCUT2D eigenvalue weighted by Crippen LogP contribution is 2.26. The van der Waals surface area contributed by atoms with Gasteiger partial charge in [0.2, 0.25) is 5.91 Å². The van der Waals surface area contributed by atoms with Gasteiger partial charge in [-0.2, -0.15) is 0 Å². The van der Waals surface area contributed by atoms with Crippen LogP contribution in [-0.2, 0) is 24.5 Å². The van der Waals surface area contributed by atoms with Crippen molar-refractivity contribution in [2.75, 3.05) is 23.6 Å². The van der Waals surface area contributed by atoms with Gasteiger partial charge in [0, 0.05) is 18.2 Å². The zero-order valence-electron chi connectivity index (χ0n) is 16.7. The van der Waals surface area contributed by atoms with Crippen molar-refractivity contribution < 1.29 is 31.2 Å². The molecule has 0 saturated carbocycles. The number of anilines is 1. The third-order valence-corrected chi connectivity index (χ3v) is 6.86. The number of benzene rings is 2. The maximum Gasteiger partial charge on any atom is 0.262 e. The number of nitrogens with one attached hydrogen (secondary N) is 1. The SMILES string of the molecule is CS(=O)(=O)CCC(C(=O)Nc1ccc(S(C)(=O)=O)cc1)N1C(=O)c2ccccc2C1=O. The Hall–Kier alpha value is -3.05. The lowest BCUT2D eigenvalue weighted by atomic mass is 10.1. The van der Waals surface area contributed by atoms with Crippen LogP contribution < -0.4 is 5.32 Å². The Labute approximate surface area is 179 Å². The van der Waals surface area contributed by atoms with Crippen LogP contribution in [0, 0.1) is 0 Å². The van der Waals surface area contributed by atoms with Crippen molar-refractivity contribution in [2.24, 2.45) is 0 Å². The van der Waals surface area contributed by atoms with E-state index >= 15 is 0 Å². The van der Waals surface area contributed by atoms with Crippen molar-refractivity contribution in [3.05, 3.63) is 59.7 Å². The summed E-state index contributed by atoms with van der Waals surface area (Å²) in [5.41, 5.74) is 0.516. The van der Waals surface area contributed by atoms with Gasteiger partial charge in [-0.05, 0) is 42.8 Å². The van der Waals surface area contributed by atoms with Crippen molar-refractivity contribution >= 4 is 43.1 Å². The van der Waals surface area contributed by atoms with Gasteiger partial charge in [-0.25, -0.2) is 16.8 Å². The van der Waals surface area contributed by atoms with Crippen molar-refractivity contribution in [2.45, 2.75) is 17.4 Å². The Kier molecular flexibility index (Phi) is 6.01. The van der Waals surface area contributed by atoms with Crippen molar-refractivity contribution in [3.8, 4) is 0 Å². The lowest BCUT2D eigenvalue weighted by molar-refractivity contribution is -0.120. The van der Waals surface area contributed by atoms with Crippen LogP contribution in [0.4, 0.5) is 5.69 Å². The third-order valence-electron chi connectivity index (χ3n) is 4.75. The second kappa shape index (κ2) is 8.23. The van der Waals surface area contributed by atoms with E-state index in [1.54, 1.807) is 12.1 Å². The minimum absolute atomic E-state index is 0.0551. The Bertz CT molecular complexity index is 1230. The molecule has 2 aromatic carbocycles. The zero-order chi connectivity index (χ0) is 23.0. The summed E-state index contributed by atoms with van der Waals surface area (Å²) in [5, 5.41) is 2.53. The van der Waals surface area contributed by atoms with Crippen molar-refractivity contribution in [3.63, 3.8) is 0 Å². The Morgan fingerprint density at radius 1 is 0.903 bits per heavy atom. The van der Waals surface area contributed by atoms with E-state index in [-0.39, 0.29) is 28.1 Å². The lowest BCUT2D eigenvalue weighted by Gasteiger charge is -2.25. The maximum absolute atomic E-state index is 13.0. The Morgan fingerprint density at radius 2 is 1.42 bits per heavy atom. The highest BCUT2D eigenvalue weighted by Gasteiger charge is 2.42. The highest BCUT2D eigenvalue weighted by atomic mass is 32.2. The summed E-state index contributed by atoms with van der Waals surface area (Å²) >= 11 is 0. The van der Waals surface area contributed by atoms with E-state index in [2.05, 4.69) is 5.32 Å². The molecule has 164 valence electrons. The summed E-state index contributed by atoms with van der Waals surface area (Å²) in [6, 6.07) is 10.1. The van der Waals surface area contributed by atoms with Gasteiger partial charge < -0.3 is 5.32 Å². The molecule has 1 N–H and O–H groups in total. The van der Waals surface area contributed by atoms with Gasteiger partial charge in [0.05, 0.1) is 21.8 Å². The van der Waals surface area contributed by atoms with Crippen LogP contribution in [0.3, 0.4) is 0 Å². The monoisotopic (exact) mass is 464 g/mol. The van der Waals surface area contributed by atoms with Gasteiger partial charge in [-0.3, -0.25) is 19.3 Å². The number of fused-ring (bicyclic) bond motifs is 1. The highest BCUT2D eigenvalue weighted by molar-refractivity contribution is 7.91. The van der Waals surface area contributed by atoms with E-state index < -0.39 is 49.2 Å². The zero-order valence-corrected chi connectivity index (χ0v) is 18.4. The quantitative estimate of drug-likeness (QED) is 0.607. The number of rotatable bonds is 7. The maximum atomic E-state index is 13.0. The van der Waals surface area contributed by atoms with Gasteiger partial charge in [0.15, 0.2) is 9.84 Å². The standard InChI is InChI=1S/C20H20N2O7S2/c1-30(26,27)12-11-17(22-19(24)15-5-3-4-6-16(15)20(22)25)18(23)21-13-7-9-14(10-8-13)31(2,28)29/h3-10,17H,11-12H2,1-2H3,(H,21,23). The Balaban J connectivity index is 1.90. The largest absolute Gasteiger partial charge is 0.324 e. The molecule has 3 amide bonds. The average molecular weight is 465 g/mol. The first-order valence-electron chi connectivity index (χ1n) is 9.14. The number of carbonyl (C=O) groups excluding carboxylic acids is 3. The topological polar surface area (TPSA) is 135 Å². The molecule has 3 rings (SSSR count). The number of imide groups is 1. The van der Waals surface area contributed by atoms with Gasteiger partial charge in [-0.1, -0.05) is 12.1 Å². The van der Waals surface area contributed by atoms with E-state index in [4.69, 9.17) is 0 Å². The number of carbonyl (C=O) groups is 3. The summed E-state index contributed by atoms with van der Waals surface area (Å²) in [6.45, 7) is 0. The van der Waals surface area contributed by atoms with Crippen LogP contribution in [0.1, 0.15) is 27.1 Å². The normalized spacial score (nSPS) is 15.0. The molecule has 0 saturated heterocycles. The summed E-state index contributed by atoms with van der Waals surface area (Å²) in [5.74, 6) is -2.53. The predicted octanol–water partition coefficient (Wildman–Crippen LogP) is 1.13. The Morgan fingerprint density at radius 3 is 1.87 bits per heavy atom. The van der Waals surface area contributed by atoms with Gasteiger partial charge in [0.1, 0.15) is 15.9 Å². The van der Waals surface area contributed by atoms with E-state index in [0.29, 0.717) is 0 Å². The smallest absolute Gasteiger partial charge is 0.262 e. The first-order chi connectivity index (χ1) is 14.4. The van der Waals surface area contributed by atoms with Crippen molar-refractivity contribution in [1.29, 1.82) is 0 Å².